The van der Waals surface area contributed by atoms with E-state index in [-0.39, 0.29) is 12.7 Å². The number of amides is 1. The first-order valence-corrected chi connectivity index (χ1v) is 9.47. The van der Waals surface area contributed by atoms with Crippen molar-refractivity contribution in [2.75, 3.05) is 12.1 Å². The van der Waals surface area contributed by atoms with E-state index < -0.39 is 0 Å². The first kappa shape index (κ1) is 17.3. The number of nitrogens with zero attached hydrogens (tertiary/aromatic N) is 2. The van der Waals surface area contributed by atoms with Crippen LogP contribution in [-0.4, -0.2) is 22.3 Å². The Hall–Kier alpha value is -3.80. The van der Waals surface area contributed by atoms with Crippen molar-refractivity contribution in [1.29, 1.82) is 0 Å². The van der Waals surface area contributed by atoms with E-state index in [1.165, 1.54) is 0 Å². The molecule has 0 spiro atoms. The third kappa shape index (κ3) is 3.52. The highest BCUT2D eigenvalue weighted by atomic mass is 16.7. The summed E-state index contributed by atoms with van der Waals surface area (Å²) in [6.07, 6.45) is 2.85. The zero-order valence-electron chi connectivity index (χ0n) is 15.7. The van der Waals surface area contributed by atoms with Crippen LogP contribution in [0.5, 0.6) is 11.5 Å². The smallest absolute Gasteiger partial charge is 0.231 e. The monoisotopic (exact) mass is 385 g/mol. The molecule has 0 unspecified atom stereocenters. The molecule has 0 aliphatic carbocycles. The minimum Gasteiger partial charge on any atom is -0.454 e. The number of hydrogen-bond donors (Lipinski definition) is 1. The van der Waals surface area contributed by atoms with Gasteiger partial charge in [0.15, 0.2) is 11.5 Å². The normalized spacial score (nSPS) is 12.3. The van der Waals surface area contributed by atoms with Crippen LogP contribution in [-0.2, 0) is 11.2 Å². The van der Waals surface area contributed by atoms with Crippen molar-refractivity contribution in [3.63, 3.8) is 0 Å². The molecule has 5 rings (SSSR count). The highest BCUT2D eigenvalue weighted by Gasteiger charge is 2.13. The third-order valence-corrected chi connectivity index (χ3v) is 4.96. The van der Waals surface area contributed by atoms with Gasteiger partial charge in [-0.2, -0.15) is 0 Å². The number of nitrogens with one attached hydrogen (secondary N) is 1. The molecule has 1 aliphatic rings. The number of hydrogen-bond acceptors (Lipinski definition) is 4. The lowest BCUT2D eigenvalue weighted by Crippen LogP contribution is -2.12. The molecule has 144 valence electrons. The zero-order chi connectivity index (χ0) is 19.6. The highest BCUT2D eigenvalue weighted by molar-refractivity contribution is 5.91. The Balaban J connectivity index is 1.22. The summed E-state index contributed by atoms with van der Waals surface area (Å²) in [5.74, 6) is 1.47. The Morgan fingerprint density at radius 1 is 1.00 bits per heavy atom. The summed E-state index contributed by atoms with van der Waals surface area (Å²) >= 11 is 0. The lowest BCUT2D eigenvalue weighted by atomic mass is 10.1. The first-order valence-electron chi connectivity index (χ1n) is 9.47. The van der Waals surface area contributed by atoms with Crippen LogP contribution >= 0.6 is 0 Å². The number of aromatic nitrogens is 2. The summed E-state index contributed by atoms with van der Waals surface area (Å²) in [7, 11) is 0. The average molecular weight is 385 g/mol. The minimum absolute atomic E-state index is 0.0245. The summed E-state index contributed by atoms with van der Waals surface area (Å²) in [6.45, 7) is 0.254. The molecule has 0 fully saturated rings. The van der Waals surface area contributed by atoms with Crippen LogP contribution in [0.2, 0.25) is 0 Å². The van der Waals surface area contributed by atoms with Gasteiger partial charge in [0.25, 0.3) is 0 Å². The predicted octanol–water partition coefficient (Wildman–Crippen LogP) is 4.33. The second-order valence-corrected chi connectivity index (χ2v) is 6.89. The Morgan fingerprint density at radius 2 is 1.83 bits per heavy atom. The number of anilines is 1. The molecule has 3 aromatic carbocycles. The average Bonchev–Trinajstić information content (AvgIpc) is 3.39. The maximum absolute atomic E-state index is 12.3. The Bertz CT molecular complexity index is 1180. The SMILES string of the molecule is O=C(CCc1ccc2c(c1)OCO2)Nc1ccc(-n2cnc3ccccc32)cc1. The van der Waals surface area contributed by atoms with E-state index in [0.717, 1.165) is 39.5 Å². The fourth-order valence-corrected chi connectivity index (χ4v) is 3.45. The van der Waals surface area contributed by atoms with Crippen LogP contribution in [0.15, 0.2) is 73.1 Å². The fraction of sp³-hybridized carbons (Fsp3) is 0.130. The van der Waals surface area contributed by atoms with Gasteiger partial charge in [0.05, 0.1) is 11.0 Å². The van der Waals surface area contributed by atoms with Gasteiger partial charge in [0, 0.05) is 17.8 Å². The van der Waals surface area contributed by atoms with Crippen molar-refractivity contribution >= 4 is 22.6 Å². The molecular weight excluding hydrogens is 366 g/mol. The Kier molecular flexibility index (Phi) is 4.37. The van der Waals surface area contributed by atoms with Crippen LogP contribution < -0.4 is 14.8 Å². The number of carbonyl (C=O) groups is 1. The van der Waals surface area contributed by atoms with E-state index >= 15 is 0 Å². The summed E-state index contributed by atoms with van der Waals surface area (Å²) in [5.41, 5.74) is 4.82. The lowest BCUT2D eigenvalue weighted by molar-refractivity contribution is -0.116. The number of fused-ring (bicyclic) bond motifs is 2. The number of para-hydroxylation sites is 2. The Morgan fingerprint density at radius 3 is 2.72 bits per heavy atom. The molecule has 1 amide bonds. The number of aryl methyl sites for hydroxylation is 1. The van der Waals surface area contributed by atoms with Crippen LogP contribution in [0.25, 0.3) is 16.7 Å². The highest BCUT2D eigenvalue weighted by Crippen LogP contribution is 2.32. The van der Waals surface area contributed by atoms with E-state index in [2.05, 4.69) is 10.3 Å². The maximum atomic E-state index is 12.3. The second-order valence-electron chi connectivity index (χ2n) is 6.89. The molecule has 0 saturated carbocycles. The zero-order valence-corrected chi connectivity index (χ0v) is 15.7. The van der Waals surface area contributed by atoms with E-state index in [4.69, 9.17) is 9.47 Å². The molecule has 4 aromatic rings. The van der Waals surface area contributed by atoms with Crippen LogP contribution in [0, 0.1) is 0 Å². The molecule has 1 N–H and O–H groups in total. The standard InChI is InChI=1S/C23H19N3O3/c27-23(12-6-16-5-11-21-22(13-16)29-15-28-21)25-17-7-9-18(10-8-17)26-14-24-19-3-1-2-4-20(19)26/h1-5,7-11,13-14H,6,12,15H2,(H,25,27). The fourth-order valence-electron chi connectivity index (χ4n) is 3.45. The van der Waals surface area contributed by atoms with Crippen LogP contribution in [0.3, 0.4) is 0 Å². The molecule has 0 atom stereocenters. The molecule has 0 radical (unpaired) electrons. The number of benzene rings is 3. The molecule has 2 heterocycles. The topological polar surface area (TPSA) is 65.4 Å². The van der Waals surface area contributed by atoms with Gasteiger partial charge in [-0.05, 0) is 60.5 Å². The largest absolute Gasteiger partial charge is 0.454 e. The second kappa shape index (κ2) is 7.31. The minimum atomic E-state index is -0.0245. The predicted molar refractivity (Wildman–Crippen MR) is 111 cm³/mol. The van der Waals surface area contributed by atoms with E-state index in [9.17, 15) is 4.79 Å². The van der Waals surface area contributed by atoms with Crippen molar-refractivity contribution in [3.05, 3.63) is 78.6 Å². The number of carbonyl (C=O) groups excluding carboxylic acids is 1. The molecule has 29 heavy (non-hydrogen) atoms. The lowest BCUT2D eigenvalue weighted by Gasteiger charge is -2.08. The van der Waals surface area contributed by atoms with E-state index in [1.807, 2.05) is 77.6 Å². The maximum Gasteiger partial charge on any atom is 0.231 e. The van der Waals surface area contributed by atoms with Crippen molar-refractivity contribution in [2.45, 2.75) is 12.8 Å². The Labute approximate surface area is 167 Å². The first-order chi connectivity index (χ1) is 14.3. The van der Waals surface area contributed by atoms with Crippen LogP contribution in [0.4, 0.5) is 5.69 Å². The summed E-state index contributed by atoms with van der Waals surface area (Å²) in [4.78, 5) is 16.7. The summed E-state index contributed by atoms with van der Waals surface area (Å²) < 4.78 is 12.7. The van der Waals surface area contributed by atoms with Gasteiger partial charge < -0.3 is 14.8 Å². The van der Waals surface area contributed by atoms with Crippen molar-refractivity contribution in [2.24, 2.45) is 0 Å². The van der Waals surface area contributed by atoms with E-state index in [1.54, 1.807) is 0 Å². The van der Waals surface area contributed by atoms with Gasteiger partial charge in [-0.3, -0.25) is 9.36 Å². The summed E-state index contributed by atoms with van der Waals surface area (Å²) in [5, 5.41) is 2.95. The van der Waals surface area contributed by atoms with Gasteiger partial charge in [-0.25, -0.2) is 4.98 Å². The third-order valence-electron chi connectivity index (χ3n) is 4.96. The van der Waals surface area contributed by atoms with Gasteiger partial charge in [0.1, 0.15) is 6.33 Å². The molecule has 6 nitrogen and oxygen atoms in total. The quantitative estimate of drug-likeness (QED) is 0.555. The molecule has 0 saturated heterocycles. The van der Waals surface area contributed by atoms with Crippen molar-refractivity contribution < 1.29 is 14.3 Å². The van der Waals surface area contributed by atoms with Gasteiger partial charge in [-0.15, -0.1) is 0 Å². The number of ether oxygens (including phenoxy) is 2. The molecule has 1 aliphatic heterocycles. The van der Waals surface area contributed by atoms with Gasteiger partial charge in [0.2, 0.25) is 12.7 Å². The molecular formula is C23H19N3O3. The van der Waals surface area contributed by atoms with Crippen molar-refractivity contribution in [1.82, 2.24) is 9.55 Å². The molecule has 0 bridgehead atoms. The van der Waals surface area contributed by atoms with Crippen LogP contribution in [0.1, 0.15) is 12.0 Å². The summed E-state index contributed by atoms with van der Waals surface area (Å²) in [6, 6.07) is 21.5. The van der Waals surface area contributed by atoms with Gasteiger partial charge in [-0.1, -0.05) is 18.2 Å². The molecule has 6 heteroatoms. The number of rotatable bonds is 5. The van der Waals surface area contributed by atoms with E-state index in [0.29, 0.717) is 12.8 Å². The molecule has 1 aromatic heterocycles. The number of imidazole rings is 1. The van der Waals surface area contributed by atoms with Crippen molar-refractivity contribution in [3.8, 4) is 17.2 Å². The van der Waals surface area contributed by atoms with Gasteiger partial charge >= 0.3 is 0 Å².